The van der Waals surface area contributed by atoms with Crippen molar-refractivity contribution in [3.63, 3.8) is 0 Å². The van der Waals surface area contributed by atoms with Crippen molar-refractivity contribution in [2.75, 3.05) is 18.0 Å². The van der Waals surface area contributed by atoms with Crippen LogP contribution in [0.3, 0.4) is 0 Å². The summed E-state index contributed by atoms with van der Waals surface area (Å²) in [5, 5.41) is 2.44. The zero-order valence-corrected chi connectivity index (χ0v) is 17.9. The minimum Gasteiger partial charge on any atom is -0.355 e. The molecule has 0 radical (unpaired) electrons. The lowest BCUT2D eigenvalue weighted by Gasteiger charge is -2.33. The minimum absolute atomic E-state index is 0.353. The molecule has 0 bridgehead atoms. The highest BCUT2D eigenvalue weighted by Gasteiger charge is 2.32. The molecule has 1 aromatic heterocycles. The lowest BCUT2D eigenvalue weighted by atomic mass is 10.0. The van der Waals surface area contributed by atoms with Gasteiger partial charge in [0.15, 0.2) is 0 Å². The molecule has 34 heavy (non-hydrogen) atoms. The number of anilines is 1. The number of hydrogen-bond acceptors (Lipinski definition) is 4. The Hall–Kier alpha value is -3.56. The molecule has 4 rings (SSSR count). The van der Waals surface area contributed by atoms with Crippen molar-refractivity contribution >= 4 is 11.7 Å². The van der Waals surface area contributed by atoms with Crippen LogP contribution in [0.2, 0.25) is 0 Å². The molecular weight excluding hydrogens is 455 g/mol. The quantitative estimate of drug-likeness (QED) is 0.519. The van der Waals surface area contributed by atoms with Gasteiger partial charge in [-0.2, -0.15) is 13.2 Å². The highest BCUT2D eigenvalue weighted by molar-refractivity contribution is 5.79. The van der Waals surface area contributed by atoms with Crippen molar-refractivity contribution in [3.8, 4) is 22.5 Å². The van der Waals surface area contributed by atoms with Crippen LogP contribution in [0.15, 0.2) is 54.7 Å². The molecular formula is C24H21F5N4O. The van der Waals surface area contributed by atoms with Gasteiger partial charge in [-0.3, -0.25) is 9.78 Å². The number of nitrogens with zero attached hydrogens (tertiary/aromatic N) is 3. The van der Waals surface area contributed by atoms with Gasteiger partial charge in [0.2, 0.25) is 5.91 Å². The van der Waals surface area contributed by atoms with Crippen LogP contribution in [0.5, 0.6) is 0 Å². The van der Waals surface area contributed by atoms with E-state index in [1.54, 1.807) is 30.5 Å². The van der Waals surface area contributed by atoms with Gasteiger partial charge < -0.3 is 10.2 Å². The van der Waals surface area contributed by atoms with Crippen LogP contribution >= 0.6 is 0 Å². The topological polar surface area (TPSA) is 58.1 Å². The van der Waals surface area contributed by atoms with Crippen LogP contribution in [-0.2, 0) is 4.79 Å². The zero-order chi connectivity index (χ0) is 24.3. The van der Waals surface area contributed by atoms with E-state index in [1.165, 1.54) is 24.3 Å². The Labute approximate surface area is 192 Å². The van der Waals surface area contributed by atoms with Crippen molar-refractivity contribution in [2.24, 2.45) is 0 Å². The van der Waals surface area contributed by atoms with Crippen molar-refractivity contribution in [3.05, 3.63) is 66.4 Å². The summed E-state index contributed by atoms with van der Waals surface area (Å²) in [5.74, 6) is -1.27. The normalized spacial score (nSPS) is 14.8. The molecule has 3 aromatic rings. The number of alkyl halides is 3. The average molecular weight is 476 g/mol. The maximum absolute atomic E-state index is 13.5. The first-order valence-electron chi connectivity index (χ1n) is 10.7. The predicted molar refractivity (Wildman–Crippen MR) is 117 cm³/mol. The first-order chi connectivity index (χ1) is 16.2. The first-order valence-corrected chi connectivity index (χ1v) is 10.7. The lowest BCUT2D eigenvalue weighted by Crippen LogP contribution is -2.45. The second-order valence-corrected chi connectivity index (χ2v) is 8.06. The number of rotatable bonds is 5. The Balaban J connectivity index is 1.54. The van der Waals surface area contributed by atoms with E-state index in [-0.39, 0.29) is 11.9 Å². The van der Waals surface area contributed by atoms with Crippen LogP contribution < -0.4 is 10.2 Å². The number of carbonyl (C=O) groups excluding carboxylic acids is 1. The molecule has 1 fully saturated rings. The fourth-order valence-corrected chi connectivity index (χ4v) is 3.87. The van der Waals surface area contributed by atoms with Crippen LogP contribution in [0.4, 0.5) is 27.8 Å². The van der Waals surface area contributed by atoms with Crippen molar-refractivity contribution in [1.29, 1.82) is 0 Å². The van der Waals surface area contributed by atoms with Gasteiger partial charge in [-0.25, -0.2) is 13.8 Å². The zero-order valence-electron chi connectivity index (χ0n) is 17.9. The maximum Gasteiger partial charge on any atom is 0.397 e. The molecule has 1 amide bonds. The summed E-state index contributed by atoms with van der Waals surface area (Å²) in [7, 11) is 0. The molecule has 0 atom stereocenters. The highest BCUT2D eigenvalue weighted by atomic mass is 19.4. The standard InChI is InChI=1S/C24H21F5N4O/c25-17-5-1-15(2-6-17)22-23(16-3-7-18(26)8-4-16)32-20(14-30-22)33-11-9-19(10-12-33)31-21(34)13-24(27,28)29/h1-8,14,19H,9-13H2,(H,31,34). The van der Waals surface area contributed by atoms with Gasteiger partial charge in [-0.05, 0) is 61.4 Å². The monoisotopic (exact) mass is 476 g/mol. The molecule has 2 heterocycles. The largest absolute Gasteiger partial charge is 0.397 e. The lowest BCUT2D eigenvalue weighted by molar-refractivity contribution is -0.154. The van der Waals surface area contributed by atoms with Crippen molar-refractivity contribution in [1.82, 2.24) is 15.3 Å². The summed E-state index contributed by atoms with van der Waals surface area (Å²) < 4.78 is 64.1. The van der Waals surface area contributed by atoms with E-state index in [4.69, 9.17) is 4.98 Å². The van der Waals surface area contributed by atoms with E-state index in [9.17, 15) is 26.7 Å². The molecule has 178 valence electrons. The van der Waals surface area contributed by atoms with Crippen LogP contribution in [0.25, 0.3) is 22.5 Å². The Bertz CT molecular complexity index is 1140. The molecule has 0 aliphatic carbocycles. The number of carbonyl (C=O) groups is 1. The van der Waals surface area contributed by atoms with E-state index < -0.39 is 24.3 Å². The van der Waals surface area contributed by atoms with Crippen LogP contribution in [0, 0.1) is 11.6 Å². The maximum atomic E-state index is 13.5. The molecule has 1 aliphatic heterocycles. The van der Waals surface area contributed by atoms with Crippen molar-refractivity contribution in [2.45, 2.75) is 31.5 Å². The Morgan fingerprint density at radius 3 is 1.97 bits per heavy atom. The van der Waals surface area contributed by atoms with E-state index in [0.717, 1.165) is 0 Å². The molecule has 1 saturated heterocycles. The smallest absolute Gasteiger partial charge is 0.355 e. The van der Waals surface area contributed by atoms with Crippen LogP contribution in [-0.4, -0.2) is 41.2 Å². The third-order valence-electron chi connectivity index (χ3n) is 5.54. The summed E-state index contributed by atoms with van der Waals surface area (Å²) in [6, 6.07) is 11.2. The Morgan fingerprint density at radius 1 is 0.912 bits per heavy atom. The number of amides is 1. The molecule has 10 heteroatoms. The summed E-state index contributed by atoms with van der Waals surface area (Å²) in [5.41, 5.74) is 2.27. The molecule has 1 aliphatic rings. The second-order valence-electron chi connectivity index (χ2n) is 8.06. The van der Waals surface area contributed by atoms with Gasteiger partial charge in [0.1, 0.15) is 23.9 Å². The van der Waals surface area contributed by atoms with Crippen molar-refractivity contribution < 1.29 is 26.7 Å². The SMILES string of the molecule is O=C(CC(F)(F)F)NC1CCN(c2cnc(-c3ccc(F)cc3)c(-c3ccc(F)cc3)n2)CC1. The summed E-state index contributed by atoms with van der Waals surface area (Å²) in [4.78, 5) is 22.8. The molecule has 0 spiro atoms. The molecule has 5 nitrogen and oxygen atoms in total. The van der Waals surface area contributed by atoms with E-state index >= 15 is 0 Å². The van der Waals surface area contributed by atoms with Gasteiger partial charge in [0, 0.05) is 30.3 Å². The van der Waals surface area contributed by atoms with Gasteiger partial charge >= 0.3 is 6.18 Å². The summed E-state index contributed by atoms with van der Waals surface area (Å²) in [6.07, 6.45) is -3.55. The van der Waals surface area contributed by atoms with Gasteiger partial charge in [-0.1, -0.05) is 0 Å². The third-order valence-corrected chi connectivity index (χ3v) is 5.54. The van der Waals surface area contributed by atoms with Gasteiger partial charge in [0.05, 0.1) is 17.6 Å². The predicted octanol–water partition coefficient (Wildman–Crippen LogP) is 5.13. The number of benzene rings is 2. The summed E-state index contributed by atoms with van der Waals surface area (Å²) in [6.45, 7) is 0.925. The number of piperidine rings is 1. The molecule has 1 N–H and O–H groups in total. The van der Waals surface area contributed by atoms with E-state index in [0.29, 0.717) is 54.3 Å². The fourth-order valence-electron chi connectivity index (χ4n) is 3.87. The average Bonchev–Trinajstić information content (AvgIpc) is 2.79. The number of halogens is 5. The fraction of sp³-hybridized carbons (Fsp3) is 0.292. The highest BCUT2D eigenvalue weighted by Crippen LogP contribution is 2.31. The summed E-state index contributed by atoms with van der Waals surface area (Å²) >= 11 is 0. The Morgan fingerprint density at radius 2 is 1.44 bits per heavy atom. The van der Waals surface area contributed by atoms with Gasteiger partial charge in [0.25, 0.3) is 0 Å². The third kappa shape index (κ3) is 5.86. The minimum atomic E-state index is -4.54. The molecule has 0 saturated carbocycles. The van der Waals surface area contributed by atoms with E-state index in [2.05, 4.69) is 10.3 Å². The number of aromatic nitrogens is 2. The molecule has 2 aromatic carbocycles. The molecule has 0 unspecified atom stereocenters. The van der Waals surface area contributed by atoms with E-state index in [1.807, 2.05) is 4.90 Å². The number of hydrogen-bond donors (Lipinski definition) is 1. The first kappa shape index (κ1) is 23.6. The van der Waals surface area contributed by atoms with Gasteiger partial charge in [-0.15, -0.1) is 0 Å². The second kappa shape index (κ2) is 9.74. The number of nitrogens with one attached hydrogen (secondary N) is 1. The Kier molecular flexibility index (Phi) is 6.76. The van der Waals surface area contributed by atoms with Crippen LogP contribution in [0.1, 0.15) is 19.3 Å².